The third-order valence-electron chi connectivity index (χ3n) is 5.12. The van der Waals surface area contributed by atoms with Gasteiger partial charge in [0.2, 0.25) is 0 Å². The van der Waals surface area contributed by atoms with Crippen molar-refractivity contribution in [2.75, 3.05) is 6.54 Å². The lowest BCUT2D eigenvalue weighted by Gasteiger charge is -2.22. The summed E-state index contributed by atoms with van der Waals surface area (Å²) in [4.78, 5) is 7.16. The highest BCUT2D eigenvalue weighted by molar-refractivity contribution is 5.76. The third-order valence-corrected chi connectivity index (χ3v) is 5.12. The Balaban J connectivity index is 1.42. The summed E-state index contributed by atoms with van der Waals surface area (Å²) in [6.07, 6.45) is 10.1. The minimum atomic E-state index is 0.359. The van der Waals surface area contributed by atoms with Crippen LogP contribution in [0.5, 0.6) is 0 Å². The molecule has 1 aliphatic heterocycles. The topological polar surface area (TPSA) is 46.6 Å². The zero-order chi connectivity index (χ0) is 17.3. The average Bonchev–Trinajstić information content (AvgIpc) is 3.42. The summed E-state index contributed by atoms with van der Waals surface area (Å²) >= 11 is 0. The number of rotatable bonds is 4. The van der Waals surface area contributed by atoms with E-state index >= 15 is 0 Å². The van der Waals surface area contributed by atoms with Crippen molar-refractivity contribution >= 4 is 5.65 Å². The Morgan fingerprint density at radius 3 is 2.85 bits per heavy atom. The van der Waals surface area contributed by atoms with Gasteiger partial charge in [-0.25, -0.2) is 9.50 Å². The fraction of sp³-hybridized carbons (Fsp3) is 0.238. The number of furan rings is 1. The smallest absolute Gasteiger partial charge is 0.162 e. The van der Waals surface area contributed by atoms with Gasteiger partial charge in [0.25, 0.3) is 0 Å². The number of hydrogen-bond acceptors (Lipinski definition) is 4. The van der Waals surface area contributed by atoms with Gasteiger partial charge in [0, 0.05) is 30.1 Å². The lowest BCUT2D eigenvalue weighted by atomic mass is 10.1. The molecule has 3 aromatic heterocycles. The van der Waals surface area contributed by atoms with Crippen LogP contribution in [0.25, 0.3) is 16.8 Å². The Morgan fingerprint density at radius 1 is 1.08 bits per heavy atom. The predicted octanol–water partition coefficient (Wildman–Crippen LogP) is 4.33. The van der Waals surface area contributed by atoms with Gasteiger partial charge in [-0.1, -0.05) is 30.3 Å². The van der Waals surface area contributed by atoms with E-state index in [-0.39, 0.29) is 0 Å². The number of benzene rings is 1. The van der Waals surface area contributed by atoms with Crippen molar-refractivity contribution in [3.05, 3.63) is 78.6 Å². The molecule has 1 saturated heterocycles. The Hall–Kier alpha value is -2.92. The fourth-order valence-electron chi connectivity index (χ4n) is 3.87. The van der Waals surface area contributed by atoms with Gasteiger partial charge in [0.1, 0.15) is 5.76 Å². The molecule has 4 aromatic rings. The van der Waals surface area contributed by atoms with Crippen LogP contribution < -0.4 is 0 Å². The highest BCUT2D eigenvalue weighted by atomic mass is 16.3. The largest absolute Gasteiger partial charge is 0.468 e. The van der Waals surface area contributed by atoms with Gasteiger partial charge in [-0.3, -0.25) is 4.90 Å². The van der Waals surface area contributed by atoms with Crippen LogP contribution >= 0.6 is 0 Å². The molecule has 1 aliphatic rings. The molecule has 26 heavy (non-hydrogen) atoms. The van der Waals surface area contributed by atoms with Crippen molar-refractivity contribution in [3.8, 4) is 11.1 Å². The molecule has 0 amide bonds. The molecule has 0 aliphatic carbocycles. The van der Waals surface area contributed by atoms with Gasteiger partial charge in [-0.15, -0.1) is 0 Å². The van der Waals surface area contributed by atoms with Crippen molar-refractivity contribution in [2.24, 2.45) is 0 Å². The molecule has 5 rings (SSSR count). The van der Waals surface area contributed by atoms with Crippen LogP contribution in [0, 0.1) is 0 Å². The molecule has 5 nitrogen and oxygen atoms in total. The molecule has 5 heteroatoms. The number of likely N-dealkylation sites (tertiary alicyclic amines) is 1. The van der Waals surface area contributed by atoms with Crippen molar-refractivity contribution in [1.82, 2.24) is 19.5 Å². The summed E-state index contributed by atoms with van der Waals surface area (Å²) < 4.78 is 7.52. The standard InChI is InChI=1S/C21H20N4O/c1-2-6-17(7-3-1)18-13-23-25-15-16(12-22-21(18)25)14-24-10-4-8-19(24)20-9-5-11-26-20/h1-3,5-7,9,11-13,15,19H,4,8,10,14H2/t19-/m0/s1. The van der Waals surface area contributed by atoms with Gasteiger partial charge in [-0.2, -0.15) is 5.10 Å². The normalized spacial score (nSPS) is 17.9. The molecule has 0 unspecified atom stereocenters. The van der Waals surface area contributed by atoms with Gasteiger partial charge in [-0.05, 0) is 37.1 Å². The minimum absolute atomic E-state index is 0.359. The van der Waals surface area contributed by atoms with Crippen LogP contribution in [0.1, 0.15) is 30.2 Å². The Bertz CT molecular complexity index is 1010. The van der Waals surface area contributed by atoms with E-state index in [1.54, 1.807) is 6.26 Å². The first-order chi connectivity index (χ1) is 12.9. The molecule has 0 N–H and O–H groups in total. The summed E-state index contributed by atoms with van der Waals surface area (Å²) in [5.41, 5.74) is 4.26. The highest BCUT2D eigenvalue weighted by Crippen LogP contribution is 2.33. The maximum atomic E-state index is 5.63. The molecule has 4 heterocycles. The molecule has 1 fully saturated rings. The molecule has 0 spiro atoms. The highest BCUT2D eigenvalue weighted by Gasteiger charge is 2.28. The number of fused-ring (bicyclic) bond motifs is 1. The first kappa shape index (κ1) is 15.3. The van der Waals surface area contributed by atoms with Gasteiger partial charge >= 0.3 is 0 Å². The van der Waals surface area contributed by atoms with Crippen molar-refractivity contribution in [3.63, 3.8) is 0 Å². The van der Waals surface area contributed by atoms with Crippen molar-refractivity contribution in [2.45, 2.75) is 25.4 Å². The number of hydrogen-bond donors (Lipinski definition) is 0. The van der Waals surface area contributed by atoms with Crippen LogP contribution in [0.15, 0.2) is 71.7 Å². The molecule has 0 saturated carbocycles. The van der Waals surface area contributed by atoms with Crippen molar-refractivity contribution in [1.29, 1.82) is 0 Å². The van der Waals surface area contributed by atoms with Crippen LogP contribution in [0.2, 0.25) is 0 Å². The van der Waals surface area contributed by atoms with E-state index in [4.69, 9.17) is 9.40 Å². The quantitative estimate of drug-likeness (QED) is 0.553. The first-order valence-electron chi connectivity index (χ1n) is 9.03. The predicted molar refractivity (Wildman–Crippen MR) is 99.5 cm³/mol. The van der Waals surface area contributed by atoms with Crippen LogP contribution in [-0.2, 0) is 6.54 Å². The summed E-state index contributed by atoms with van der Waals surface area (Å²) in [6, 6.07) is 14.7. The Morgan fingerprint density at radius 2 is 2.00 bits per heavy atom. The fourth-order valence-corrected chi connectivity index (χ4v) is 3.87. The maximum Gasteiger partial charge on any atom is 0.162 e. The maximum absolute atomic E-state index is 5.63. The van der Waals surface area contributed by atoms with E-state index in [1.807, 2.05) is 41.2 Å². The lowest BCUT2D eigenvalue weighted by molar-refractivity contribution is 0.220. The molecular weight excluding hydrogens is 324 g/mol. The molecule has 130 valence electrons. The van der Waals surface area contributed by atoms with Gasteiger partial charge < -0.3 is 4.42 Å². The average molecular weight is 344 g/mol. The van der Waals surface area contributed by atoms with Crippen LogP contribution in [0.3, 0.4) is 0 Å². The van der Waals surface area contributed by atoms with E-state index in [0.717, 1.165) is 42.0 Å². The second-order valence-corrected chi connectivity index (χ2v) is 6.80. The summed E-state index contributed by atoms with van der Waals surface area (Å²) in [5, 5.41) is 4.52. The number of aromatic nitrogens is 3. The molecular formula is C21H20N4O. The van der Waals surface area contributed by atoms with E-state index < -0.39 is 0 Å². The summed E-state index contributed by atoms with van der Waals surface area (Å²) in [7, 11) is 0. The first-order valence-corrected chi connectivity index (χ1v) is 9.03. The zero-order valence-electron chi connectivity index (χ0n) is 14.5. The molecule has 0 bridgehead atoms. The molecule has 1 aromatic carbocycles. The van der Waals surface area contributed by atoms with Gasteiger partial charge in [0.15, 0.2) is 5.65 Å². The van der Waals surface area contributed by atoms with E-state index in [9.17, 15) is 0 Å². The van der Waals surface area contributed by atoms with Crippen LogP contribution in [-0.4, -0.2) is 26.0 Å². The Labute approximate surface area is 151 Å². The van der Waals surface area contributed by atoms with E-state index in [2.05, 4.69) is 34.4 Å². The SMILES string of the molecule is c1ccc(-c2cnn3cc(CN4CCC[C@H]4c4ccco4)cnc23)cc1. The Kier molecular flexibility index (Phi) is 3.79. The molecule has 1 atom stereocenters. The second-order valence-electron chi connectivity index (χ2n) is 6.80. The lowest BCUT2D eigenvalue weighted by Crippen LogP contribution is -2.22. The third kappa shape index (κ3) is 2.70. The van der Waals surface area contributed by atoms with Crippen LogP contribution in [0.4, 0.5) is 0 Å². The second kappa shape index (κ2) is 6.42. The zero-order valence-corrected chi connectivity index (χ0v) is 14.5. The van der Waals surface area contributed by atoms with E-state index in [1.165, 1.54) is 12.0 Å². The monoisotopic (exact) mass is 344 g/mol. The number of nitrogens with zero attached hydrogens (tertiary/aromatic N) is 4. The summed E-state index contributed by atoms with van der Waals surface area (Å²) in [6.45, 7) is 1.94. The summed E-state index contributed by atoms with van der Waals surface area (Å²) in [5.74, 6) is 1.06. The molecule has 0 radical (unpaired) electrons. The minimum Gasteiger partial charge on any atom is -0.468 e. The van der Waals surface area contributed by atoms with E-state index in [0.29, 0.717) is 6.04 Å². The van der Waals surface area contributed by atoms with Gasteiger partial charge in [0.05, 0.1) is 18.5 Å². The van der Waals surface area contributed by atoms with Crippen molar-refractivity contribution < 1.29 is 4.42 Å².